The molecule has 0 saturated heterocycles. The summed E-state index contributed by atoms with van der Waals surface area (Å²) in [7, 11) is 1.57. The van der Waals surface area contributed by atoms with Gasteiger partial charge in [-0.3, -0.25) is 4.79 Å². The molecule has 0 saturated carbocycles. The van der Waals surface area contributed by atoms with Crippen molar-refractivity contribution >= 4 is 17.9 Å². The number of anilines is 1. The predicted molar refractivity (Wildman–Crippen MR) is 61.5 cm³/mol. The van der Waals surface area contributed by atoms with Gasteiger partial charge in [0, 0.05) is 5.69 Å². The van der Waals surface area contributed by atoms with Gasteiger partial charge in [-0.15, -0.1) is 0 Å². The first-order valence-corrected chi connectivity index (χ1v) is 4.91. The highest BCUT2D eigenvalue weighted by atomic mass is 16.5. The Morgan fingerprint density at radius 3 is 2.31 bits per heavy atom. The molecule has 1 aromatic rings. The van der Waals surface area contributed by atoms with Crippen LogP contribution in [-0.2, 0) is 9.59 Å². The van der Waals surface area contributed by atoms with Gasteiger partial charge in [0.15, 0.2) is 0 Å². The van der Waals surface area contributed by atoms with Crippen molar-refractivity contribution in [3.8, 4) is 5.75 Å². The third-order valence-electron chi connectivity index (χ3n) is 2.23. The van der Waals surface area contributed by atoms with Crippen molar-refractivity contribution in [2.45, 2.75) is 13.8 Å². The molecule has 1 aromatic carbocycles. The van der Waals surface area contributed by atoms with Gasteiger partial charge in [0.25, 0.3) is 0 Å². The topological polar surface area (TPSA) is 55.4 Å². The standard InChI is InChI=1S/C12H15NO3/c1-12(2,8-14)11(15)13-9-4-6-10(16-3)7-5-9/h4-8H,1-3H3,(H,13,15). The van der Waals surface area contributed by atoms with Crippen LogP contribution in [0.3, 0.4) is 0 Å². The first-order chi connectivity index (χ1) is 7.49. The first-order valence-electron chi connectivity index (χ1n) is 4.91. The summed E-state index contributed by atoms with van der Waals surface area (Å²) in [5, 5.41) is 2.66. The molecule has 0 aliphatic carbocycles. The van der Waals surface area contributed by atoms with Gasteiger partial charge in [0.1, 0.15) is 12.0 Å². The second-order valence-electron chi connectivity index (χ2n) is 4.02. The molecule has 0 fully saturated rings. The Labute approximate surface area is 94.6 Å². The average Bonchev–Trinajstić information content (AvgIpc) is 2.30. The van der Waals surface area contributed by atoms with E-state index in [4.69, 9.17) is 4.74 Å². The molecule has 0 radical (unpaired) electrons. The first kappa shape index (κ1) is 12.2. The van der Waals surface area contributed by atoms with Gasteiger partial charge in [-0.2, -0.15) is 0 Å². The van der Waals surface area contributed by atoms with Crippen molar-refractivity contribution in [2.24, 2.45) is 5.41 Å². The molecule has 1 amide bonds. The molecule has 0 aliphatic rings. The Kier molecular flexibility index (Phi) is 3.66. The van der Waals surface area contributed by atoms with Crippen molar-refractivity contribution < 1.29 is 14.3 Å². The molecule has 16 heavy (non-hydrogen) atoms. The monoisotopic (exact) mass is 221 g/mol. The molecule has 1 N–H and O–H groups in total. The predicted octanol–water partition coefficient (Wildman–Crippen LogP) is 1.86. The summed E-state index contributed by atoms with van der Waals surface area (Å²) in [5.41, 5.74) is -0.374. The minimum Gasteiger partial charge on any atom is -0.497 e. The number of methoxy groups -OCH3 is 1. The molecule has 86 valence electrons. The summed E-state index contributed by atoms with van der Waals surface area (Å²) in [4.78, 5) is 22.3. The maximum Gasteiger partial charge on any atom is 0.237 e. The van der Waals surface area contributed by atoms with E-state index in [0.717, 1.165) is 0 Å². The van der Waals surface area contributed by atoms with Crippen LogP contribution in [0.15, 0.2) is 24.3 Å². The zero-order valence-corrected chi connectivity index (χ0v) is 9.61. The van der Waals surface area contributed by atoms with Gasteiger partial charge in [0.05, 0.1) is 12.5 Å². The normalized spacial score (nSPS) is 10.7. The van der Waals surface area contributed by atoms with Gasteiger partial charge >= 0.3 is 0 Å². The Bertz CT molecular complexity index is 382. The van der Waals surface area contributed by atoms with Crippen LogP contribution < -0.4 is 10.1 Å². The fourth-order valence-electron chi connectivity index (χ4n) is 1.02. The van der Waals surface area contributed by atoms with E-state index in [2.05, 4.69) is 5.32 Å². The van der Waals surface area contributed by atoms with Crippen LogP contribution in [0.1, 0.15) is 13.8 Å². The van der Waals surface area contributed by atoms with E-state index < -0.39 is 5.41 Å². The van der Waals surface area contributed by atoms with Crippen LogP contribution in [0.5, 0.6) is 5.75 Å². The van der Waals surface area contributed by atoms with E-state index in [9.17, 15) is 9.59 Å². The summed E-state index contributed by atoms with van der Waals surface area (Å²) in [6.07, 6.45) is 0.631. The number of hydrogen-bond acceptors (Lipinski definition) is 3. The number of aldehydes is 1. The molecular formula is C12H15NO3. The maximum atomic E-state index is 11.6. The molecule has 0 unspecified atom stereocenters. The number of nitrogens with one attached hydrogen (secondary N) is 1. The second kappa shape index (κ2) is 4.79. The van der Waals surface area contributed by atoms with Gasteiger partial charge in [-0.05, 0) is 38.1 Å². The zero-order chi connectivity index (χ0) is 12.2. The molecule has 0 atom stereocenters. The smallest absolute Gasteiger partial charge is 0.237 e. The fraction of sp³-hybridized carbons (Fsp3) is 0.333. The zero-order valence-electron chi connectivity index (χ0n) is 9.61. The fourth-order valence-corrected chi connectivity index (χ4v) is 1.02. The largest absolute Gasteiger partial charge is 0.497 e. The number of ether oxygens (including phenoxy) is 1. The number of carbonyl (C=O) groups excluding carboxylic acids is 2. The number of carbonyl (C=O) groups is 2. The van der Waals surface area contributed by atoms with Crippen LogP contribution in [0.4, 0.5) is 5.69 Å². The van der Waals surface area contributed by atoms with Crippen LogP contribution in [-0.4, -0.2) is 19.3 Å². The van der Waals surface area contributed by atoms with Crippen molar-refractivity contribution in [1.82, 2.24) is 0 Å². The van der Waals surface area contributed by atoms with E-state index in [1.54, 1.807) is 45.2 Å². The van der Waals surface area contributed by atoms with E-state index in [1.165, 1.54) is 0 Å². The number of hydrogen-bond donors (Lipinski definition) is 1. The Hall–Kier alpha value is -1.84. The SMILES string of the molecule is COc1ccc(NC(=O)C(C)(C)C=O)cc1. The highest BCUT2D eigenvalue weighted by molar-refractivity contribution is 6.03. The Morgan fingerprint density at radius 2 is 1.88 bits per heavy atom. The molecule has 0 aromatic heterocycles. The molecule has 0 aliphatic heterocycles. The summed E-state index contributed by atoms with van der Waals surface area (Å²) < 4.78 is 4.99. The van der Waals surface area contributed by atoms with E-state index in [0.29, 0.717) is 17.7 Å². The quantitative estimate of drug-likeness (QED) is 0.623. The number of amides is 1. The number of benzene rings is 1. The Morgan fingerprint density at radius 1 is 1.31 bits per heavy atom. The average molecular weight is 221 g/mol. The molecule has 1 rings (SSSR count). The minimum absolute atomic E-state index is 0.326. The molecule has 0 bridgehead atoms. The van der Waals surface area contributed by atoms with Crippen LogP contribution in [0.2, 0.25) is 0 Å². The van der Waals surface area contributed by atoms with Crippen molar-refractivity contribution in [3.63, 3.8) is 0 Å². The minimum atomic E-state index is -1.01. The van der Waals surface area contributed by atoms with Crippen LogP contribution >= 0.6 is 0 Å². The number of rotatable bonds is 4. The van der Waals surface area contributed by atoms with Crippen molar-refractivity contribution in [2.75, 3.05) is 12.4 Å². The third-order valence-corrected chi connectivity index (χ3v) is 2.23. The lowest BCUT2D eigenvalue weighted by molar-refractivity contribution is -0.130. The molecular weight excluding hydrogens is 206 g/mol. The lowest BCUT2D eigenvalue weighted by Crippen LogP contribution is -2.31. The summed E-state index contributed by atoms with van der Waals surface area (Å²) in [6, 6.07) is 6.92. The highest BCUT2D eigenvalue weighted by Gasteiger charge is 2.26. The van der Waals surface area contributed by atoms with E-state index >= 15 is 0 Å². The third kappa shape index (κ3) is 2.82. The Balaban J connectivity index is 2.73. The molecule has 4 nitrogen and oxygen atoms in total. The van der Waals surface area contributed by atoms with Crippen molar-refractivity contribution in [3.05, 3.63) is 24.3 Å². The lowest BCUT2D eigenvalue weighted by atomic mass is 9.94. The summed E-state index contributed by atoms with van der Waals surface area (Å²) in [6.45, 7) is 3.14. The van der Waals surface area contributed by atoms with Crippen LogP contribution in [0.25, 0.3) is 0 Å². The van der Waals surface area contributed by atoms with Gasteiger partial charge in [-0.1, -0.05) is 0 Å². The van der Waals surface area contributed by atoms with Crippen LogP contribution in [0, 0.1) is 5.41 Å². The summed E-state index contributed by atoms with van der Waals surface area (Å²) in [5.74, 6) is 0.389. The molecule has 0 spiro atoms. The van der Waals surface area contributed by atoms with Crippen molar-refractivity contribution in [1.29, 1.82) is 0 Å². The molecule has 4 heteroatoms. The second-order valence-corrected chi connectivity index (χ2v) is 4.02. The maximum absolute atomic E-state index is 11.6. The van der Waals surface area contributed by atoms with E-state index in [-0.39, 0.29) is 5.91 Å². The van der Waals surface area contributed by atoms with Gasteiger partial charge in [0.2, 0.25) is 5.91 Å². The summed E-state index contributed by atoms with van der Waals surface area (Å²) >= 11 is 0. The van der Waals surface area contributed by atoms with Gasteiger partial charge < -0.3 is 14.8 Å². The lowest BCUT2D eigenvalue weighted by Gasteiger charge is -2.16. The highest BCUT2D eigenvalue weighted by Crippen LogP contribution is 2.18. The molecule has 0 heterocycles. The van der Waals surface area contributed by atoms with E-state index in [1.807, 2.05) is 0 Å². The van der Waals surface area contributed by atoms with Gasteiger partial charge in [-0.25, -0.2) is 0 Å².